The minimum absolute atomic E-state index is 0.127. The summed E-state index contributed by atoms with van der Waals surface area (Å²) >= 11 is 3.20. The maximum absolute atomic E-state index is 13.6. The second-order valence-corrected chi connectivity index (χ2v) is 4.55. The van der Waals surface area contributed by atoms with Crippen LogP contribution in [0.2, 0.25) is 0 Å². The van der Waals surface area contributed by atoms with Crippen molar-refractivity contribution in [2.75, 3.05) is 13.1 Å². The van der Waals surface area contributed by atoms with E-state index in [2.05, 4.69) is 26.6 Å². The molecule has 0 spiro atoms. The Labute approximate surface area is 108 Å². The van der Waals surface area contributed by atoms with Crippen LogP contribution >= 0.6 is 15.9 Å². The van der Waals surface area contributed by atoms with Gasteiger partial charge in [0.25, 0.3) is 0 Å². The lowest BCUT2D eigenvalue weighted by atomic mass is 10.1. The summed E-state index contributed by atoms with van der Waals surface area (Å²) in [6.07, 6.45) is 0. The van der Waals surface area contributed by atoms with Gasteiger partial charge in [-0.3, -0.25) is 0 Å². The molecule has 1 rings (SSSR count). The highest BCUT2D eigenvalue weighted by atomic mass is 79.9. The van der Waals surface area contributed by atoms with Crippen molar-refractivity contribution in [2.45, 2.75) is 13.0 Å². The number of nitrogens with two attached hydrogens (primary N) is 1. The molecule has 1 aromatic carbocycles. The lowest BCUT2D eigenvalue weighted by Crippen LogP contribution is -2.36. The quantitative estimate of drug-likeness (QED) is 0.727. The van der Waals surface area contributed by atoms with Crippen molar-refractivity contribution in [3.63, 3.8) is 0 Å². The van der Waals surface area contributed by atoms with E-state index < -0.39 is 6.03 Å². The molecule has 6 heteroatoms. The Kier molecular flexibility index (Phi) is 5.37. The van der Waals surface area contributed by atoms with Crippen LogP contribution in [-0.4, -0.2) is 19.1 Å². The van der Waals surface area contributed by atoms with E-state index in [9.17, 15) is 9.18 Å². The molecule has 2 amide bonds. The Morgan fingerprint density at radius 2 is 2.24 bits per heavy atom. The van der Waals surface area contributed by atoms with Gasteiger partial charge < -0.3 is 16.4 Å². The molecule has 1 aromatic rings. The van der Waals surface area contributed by atoms with Gasteiger partial charge in [-0.1, -0.05) is 22.0 Å². The van der Waals surface area contributed by atoms with Crippen LogP contribution in [0.3, 0.4) is 0 Å². The number of rotatable bonds is 5. The fourth-order valence-electron chi connectivity index (χ4n) is 1.44. The molecular weight excluding hydrogens is 289 g/mol. The van der Waals surface area contributed by atoms with Gasteiger partial charge in [0.1, 0.15) is 5.82 Å². The zero-order chi connectivity index (χ0) is 12.8. The van der Waals surface area contributed by atoms with Crippen LogP contribution in [0, 0.1) is 5.82 Å². The number of carbonyl (C=O) groups is 1. The Hall–Kier alpha value is -1.14. The molecule has 4 nitrogen and oxygen atoms in total. The molecule has 17 heavy (non-hydrogen) atoms. The van der Waals surface area contributed by atoms with E-state index in [4.69, 9.17) is 5.73 Å². The third kappa shape index (κ3) is 4.70. The van der Waals surface area contributed by atoms with Crippen LogP contribution < -0.4 is 16.4 Å². The second kappa shape index (κ2) is 6.56. The van der Waals surface area contributed by atoms with E-state index >= 15 is 0 Å². The minimum Gasteiger partial charge on any atom is -0.352 e. The first-order valence-corrected chi connectivity index (χ1v) is 6.01. The first kappa shape index (κ1) is 13.9. The van der Waals surface area contributed by atoms with Gasteiger partial charge in [-0.05, 0) is 19.1 Å². The van der Waals surface area contributed by atoms with Gasteiger partial charge in [-0.15, -0.1) is 0 Å². The van der Waals surface area contributed by atoms with Crippen LogP contribution in [0.1, 0.15) is 18.5 Å². The first-order valence-electron chi connectivity index (χ1n) is 5.22. The van der Waals surface area contributed by atoms with Crippen LogP contribution in [-0.2, 0) is 0 Å². The summed E-state index contributed by atoms with van der Waals surface area (Å²) in [4.78, 5) is 10.4. The number of hydrogen-bond acceptors (Lipinski definition) is 2. The Balaban J connectivity index is 2.46. The summed E-state index contributed by atoms with van der Waals surface area (Å²) in [5.74, 6) is -0.262. The predicted molar refractivity (Wildman–Crippen MR) is 68.1 cm³/mol. The molecule has 0 bridgehead atoms. The van der Waals surface area contributed by atoms with E-state index in [-0.39, 0.29) is 11.9 Å². The summed E-state index contributed by atoms with van der Waals surface area (Å²) in [5.41, 5.74) is 5.51. The predicted octanol–water partition coefficient (Wildman–Crippen LogP) is 1.91. The highest BCUT2D eigenvalue weighted by Gasteiger charge is 2.10. The summed E-state index contributed by atoms with van der Waals surface area (Å²) in [5, 5.41) is 5.54. The number of urea groups is 1. The zero-order valence-corrected chi connectivity index (χ0v) is 11.1. The van der Waals surface area contributed by atoms with Gasteiger partial charge in [-0.2, -0.15) is 0 Å². The smallest absolute Gasteiger partial charge is 0.312 e. The molecule has 0 fully saturated rings. The van der Waals surface area contributed by atoms with Crippen molar-refractivity contribution in [3.8, 4) is 0 Å². The first-order chi connectivity index (χ1) is 8.00. The zero-order valence-electron chi connectivity index (χ0n) is 9.47. The monoisotopic (exact) mass is 303 g/mol. The summed E-state index contributed by atoms with van der Waals surface area (Å²) in [6.45, 7) is 2.80. The van der Waals surface area contributed by atoms with E-state index in [1.165, 1.54) is 6.07 Å². The molecule has 0 saturated heterocycles. The van der Waals surface area contributed by atoms with Crippen LogP contribution in [0.4, 0.5) is 9.18 Å². The number of hydrogen-bond donors (Lipinski definition) is 3. The number of benzene rings is 1. The highest BCUT2D eigenvalue weighted by Crippen LogP contribution is 2.20. The number of carbonyl (C=O) groups excluding carboxylic acids is 1. The van der Waals surface area contributed by atoms with Gasteiger partial charge in [0.2, 0.25) is 0 Å². The van der Waals surface area contributed by atoms with Gasteiger partial charge in [0.05, 0.1) is 0 Å². The molecule has 1 atom stereocenters. The third-order valence-corrected chi connectivity index (χ3v) is 2.80. The normalized spacial score (nSPS) is 12.2. The fraction of sp³-hybridized carbons (Fsp3) is 0.364. The molecule has 0 aliphatic heterocycles. The van der Waals surface area contributed by atoms with Crippen molar-refractivity contribution in [3.05, 3.63) is 34.1 Å². The summed E-state index contributed by atoms with van der Waals surface area (Å²) < 4.78 is 14.3. The average molecular weight is 304 g/mol. The topological polar surface area (TPSA) is 67.2 Å². The van der Waals surface area contributed by atoms with Crippen molar-refractivity contribution in [1.29, 1.82) is 0 Å². The maximum Gasteiger partial charge on any atom is 0.312 e. The average Bonchev–Trinajstić information content (AvgIpc) is 2.23. The molecule has 0 aliphatic carbocycles. The summed E-state index contributed by atoms with van der Waals surface area (Å²) in [7, 11) is 0. The molecule has 0 heterocycles. The van der Waals surface area contributed by atoms with E-state index in [0.29, 0.717) is 23.1 Å². The SMILES string of the molecule is CC(NCCNC(N)=O)c1ccc(Br)cc1F. The third-order valence-electron chi connectivity index (χ3n) is 2.30. The van der Waals surface area contributed by atoms with Crippen molar-refractivity contribution in [2.24, 2.45) is 5.73 Å². The molecule has 0 aromatic heterocycles. The second-order valence-electron chi connectivity index (χ2n) is 3.63. The Morgan fingerprint density at radius 1 is 1.53 bits per heavy atom. The molecule has 94 valence electrons. The van der Waals surface area contributed by atoms with Crippen molar-refractivity contribution >= 4 is 22.0 Å². The summed E-state index contributed by atoms with van der Waals surface area (Å²) in [6, 6.07) is 4.25. The number of halogens is 2. The van der Waals surface area contributed by atoms with Gasteiger partial charge >= 0.3 is 6.03 Å². The number of primary amides is 1. The van der Waals surface area contributed by atoms with E-state index in [1.54, 1.807) is 12.1 Å². The Bertz CT molecular complexity index is 400. The van der Waals surface area contributed by atoms with E-state index in [0.717, 1.165) is 0 Å². The Morgan fingerprint density at radius 3 is 2.82 bits per heavy atom. The largest absolute Gasteiger partial charge is 0.352 e. The standard InChI is InChI=1S/C11H15BrFN3O/c1-7(15-4-5-16-11(14)17)9-3-2-8(12)6-10(9)13/h2-3,6-7,15H,4-5H2,1H3,(H3,14,16,17). The molecule has 4 N–H and O–H groups in total. The molecule has 1 unspecified atom stereocenters. The van der Waals surface area contributed by atoms with Crippen molar-refractivity contribution < 1.29 is 9.18 Å². The van der Waals surface area contributed by atoms with Gasteiger partial charge in [-0.25, -0.2) is 9.18 Å². The minimum atomic E-state index is -0.561. The van der Waals surface area contributed by atoms with E-state index in [1.807, 2.05) is 6.92 Å². The lowest BCUT2D eigenvalue weighted by molar-refractivity contribution is 0.249. The highest BCUT2D eigenvalue weighted by molar-refractivity contribution is 9.10. The van der Waals surface area contributed by atoms with Crippen LogP contribution in [0.5, 0.6) is 0 Å². The molecule has 0 aliphatic rings. The molecule has 0 saturated carbocycles. The van der Waals surface area contributed by atoms with Crippen molar-refractivity contribution in [1.82, 2.24) is 10.6 Å². The molecule has 0 radical (unpaired) electrons. The molecular formula is C11H15BrFN3O. The number of nitrogens with one attached hydrogen (secondary N) is 2. The lowest BCUT2D eigenvalue weighted by Gasteiger charge is -2.15. The maximum atomic E-state index is 13.6. The fourth-order valence-corrected chi connectivity index (χ4v) is 1.77. The van der Waals surface area contributed by atoms with Gasteiger partial charge in [0, 0.05) is 29.2 Å². The number of amides is 2. The van der Waals surface area contributed by atoms with Crippen LogP contribution in [0.15, 0.2) is 22.7 Å². The van der Waals surface area contributed by atoms with Crippen LogP contribution in [0.25, 0.3) is 0 Å². The van der Waals surface area contributed by atoms with Gasteiger partial charge in [0.15, 0.2) is 0 Å².